The minimum absolute atomic E-state index is 0.0737. The van der Waals surface area contributed by atoms with E-state index in [9.17, 15) is 13.2 Å². The molecule has 260 valence electrons. The van der Waals surface area contributed by atoms with Crippen molar-refractivity contribution < 1.29 is 27.4 Å². The molecule has 2 fully saturated rings. The molecule has 0 radical (unpaired) electrons. The number of allylic oxidation sites excluding steroid dienone is 1. The van der Waals surface area contributed by atoms with E-state index in [1.54, 1.807) is 13.0 Å². The topological polar surface area (TPSA) is 106 Å². The molecule has 1 spiro atoms. The SMILES string of the molecule is C[C@@H]1[C@@H](C)C/C=C/[C@H](OCCNC2COC2)[C@@H]2CC[C@H]2CN2C[C@@]3(CCCc4cc(Cl)ccc43)COc3ccc(cc32)C(=O)NS1(=O)=O. The second-order valence-corrected chi connectivity index (χ2v) is 17.1. The minimum atomic E-state index is -3.92. The van der Waals surface area contributed by atoms with Crippen molar-refractivity contribution in [2.75, 3.05) is 51.0 Å². The zero-order valence-corrected chi connectivity index (χ0v) is 29.5. The molecule has 0 unspecified atom stereocenters. The number of hydrogen-bond donors (Lipinski definition) is 2. The van der Waals surface area contributed by atoms with Crippen LogP contribution in [-0.2, 0) is 31.3 Å². The first kappa shape index (κ1) is 33.8. The highest BCUT2D eigenvalue weighted by Gasteiger charge is 2.44. The van der Waals surface area contributed by atoms with Crippen molar-refractivity contribution in [3.05, 3.63) is 70.3 Å². The summed E-state index contributed by atoms with van der Waals surface area (Å²) in [5, 5.41) is 3.49. The van der Waals surface area contributed by atoms with Gasteiger partial charge in [-0.2, -0.15) is 0 Å². The normalized spacial score (nSPS) is 32.4. The van der Waals surface area contributed by atoms with E-state index in [0.29, 0.717) is 48.8 Å². The fraction of sp³-hybridized carbons (Fsp3) is 0.595. The van der Waals surface area contributed by atoms with Crippen LogP contribution < -0.4 is 19.7 Å². The van der Waals surface area contributed by atoms with Crippen LogP contribution >= 0.6 is 11.6 Å². The zero-order valence-electron chi connectivity index (χ0n) is 28.0. The largest absolute Gasteiger partial charge is 0.490 e. The van der Waals surface area contributed by atoms with Crippen LogP contribution in [0.5, 0.6) is 5.75 Å². The van der Waals surface area contributed by atoms with Gasteiger partial charge < -0.3 is 24.4 Å². The summed E-state index contributed by atoms with van der Waals surface area (Å²) in [5.74, 6) is 0.604. The summed E-state index contributed by atoms with van der Waals surface area (Å²) in [4.78, 5) is 15.9. The number of nitrogens with one attached hydrogen (secondary N) is 2. The molecule has 1 saturated heterocycles. The lowest BCUT2D eigenvalue weighted by molar-refractivity contribution is -0.0269. The molecule has 5 aliphatic rings. The molecule has 9 nitrogen and oxygen atoms in total. The number of aryl methyl sites for hydroxylation is 1. The van der Waals surface area contributed by atoms with Gasteiger partial charge in [0, 0.05) is 35.6 Å². The van der Waals surface area contributed by atoms with Crippen molar-refractivity contribution >= 4 is 33.2 Å². The van der Waals surface area contributed by atoms with E-state index in [1.807, 2.05) is 25.1 Å². The number of carbonyl (C=O) groups excluding carboxylic acids is 1. The molecule has 2 N–H and O–H groups in total. The number of rotatable bonds is 5. The fourth-order valence-electron chi connectivity index (χ4n) is 8.13. The summed E-state index contributed by atoms with van der Waals surface area (Å²) in [5.41, 5.74) is 3.44. The number of sulfonamides is 1. The summed E-state index contributed by atoms with van der Waals surface area (Å²) in [7, 11) is -3.92. The molecule has 11 heteroatoms. The Kier molecular flexibility index (Phi) is 9.83. The number of hydrogen-bond acceptors (Lipinski definition) is 8. The predicted octanol–water partition coefficient (Wildman–Crippen LogP) is 5.26. The highest BCUT2D eigenvalue weighted by Crippen LogP contribution is 2.47. The second-order valence-electron chi connectivity index (χ2n) is 14.6. The predicted molar refractivity (Wildman–Crippen MR) is 188 cm³/mol. The molecule has 2 bridgehead atoms. The Morgan fingerprint density at radius 3 is 2.77 bits per heavy atom. The third-order valence-corrected chi connectivity index (χ3v) is 13.6. The van der Waals surface area contributed by atoms with Gasteiger partial charge in [0.1, 0.15) is 5.75 Å². The molecule has 48 heavy (non-hydrogen) atoms. The van der Waals surface area contributed by atoms with Crippen molar-refractivity contribution in [1.29, 1.82) is 0 Å². The Morgan fingerprint density at radius 2 is 2.00 bits per heavy atom. The summed E-state index contributed by atoms with van der Waals surface area (Å²) in [6.45, 7) is 8.45. The average molecular weight is 698 g/mol. The Bertz CT molecular complexity index is 1650. The van der Waals surface area contributed by atoms with E-state index in [2.05, 4.69) is 39.2 Å². The number of ether oxygens (including phenoxy) is 3. The number of nitrogens with zero attached hydrogens (tertiary/aromatic N) is 1. The third kappa shape index (κ3) is 6.88. The van der Waals surface area contributed by atoms with Crippen LogP contribution in [0.3, 0.4) is 0 Å². The first-order valence-electron chi connectivity index (χ1n) is 17.6. The first-order valence-corrected chi connectivity index (χ1v) is 19.5. The Hall–Kier alpha value is -2.63. The van der Waals surface area contributed by atoms with E-state index in [0.717, 1.165) is 75.7 Å². The number of amides is 1. The van der Waals surface area contributed by atoms with Crippen LogP contribution in [0.25, 0.3) is 0 Å². The van der Waals surface area contributed by atoms with E-state index in [-0.39, 0.29) is 17.4 Å². The molecule has 2 aromatic carbocycles. The van der Waals surface area contributed by atoms with Gasteiger partial charge in [0.2, 0.25) is 10.0 Å². The van der Waals surface area contributed by atoms with E-state index in [4.69, 9.17) is 25.8 Å². The highest BCUT2D eigenvalue weighted by atomic mass is 35.5. The van der Waals surface area contributed by atoms with Gasteiger partial charge in [-0.25, -0.2) is 13.1 Å². The quantitative estimate of drug-likeness (QED) is 0.322. The Morgan fingerprint density at radius 1 is 1.15 bits per heavy atom. The number of carbonyl (C=O) groups is 1. The van der Waals surface area contributed by atoms with Crippen LogP contribution in [-0.4, -0.2) is 77.8 Å². The van der Waals surface area contributed by atoms with Crippen molar-refractivity contribution in [1.82, 2.24) is 10.0 Å². The van der Waals surface area contributed by atoms with Crippen molar-refractivity contribution in [2.45, 2.75) is 75.2 Å². The summed E-state index contributed by atoms with van der Waals surface area (Å²) in [6, 6.07) is 12.0. The zero-order chi connectivity index (χ0) is 33.5. The van der Waals surface area contributed by atoms with Crippen LogP contribution in [0.15, 0.2) is 48.6 Å². The van der Waals surface area contributed by atoms with Crippen molar-refractivity contribution in [3.63, 3.8) is 0 Å². The van der Waals surface area contributed by atoms with Crippen LogP contribution in [0.2, 0.25) is 5.02 Å². The number of anilines is 1. The fourth-order valence-corrected chi connectivity index (χ4v) is 9.61. The lowest BCUT2D eigenvalue weighted by Crippen LogP contribution is -2.50. The molecule has 2 aliphatic carbocycles. The molecule has 7 rings (SSSR count). The van der Waals surface area contributed by atoms with Crippen LogP contribution in [0.1, 0.15) is 67.4 Å². The monoisotopic (exact) mass is 697 g/mol. The van der Waals surface area contributed by atoms with Gasteiger partial charge >= 0.3 is 0 Å². The number of halogens is 1. The maximum absolute atomic E-state index is 13.5. The molecule has 0 aromatic heterocycles. The van der Waals surface area contributed by atoms with E-state index < -0.39 is 21.2 Å². The van der Waals surface area contributed by atoms with Crippen molar-refractivity contribution in [2.24, 2.45) is 17.8 Å². The van der Waals surface area contributed by atoms with Gasteiger partial charge in [0.25, 0.3) is 5.91 Å². The standard InChI is InChI=1S/C37H48ClN3O6S/c1-24-5-3-7-34(46-16-15-39-30-20-45-21-30)31-11-8-28(31)19-41-22-37(14-4-6-26-17-29(38)10-12-32(26)37)23-47-35-13-9-27(18-33(35)41)36(42)40-48(43,44)25(24)2/h3,7,9-10,12-13,17-18,24-25,28,30-31,34,39H,4-6,8,11,14-16,19-23H2,1-2H3,(H,40,42)/b7-3+/t24-,25+,28-,31+,34-,37-/m0/s1. The first-order chi connectivity index (χ1) is 23.1. The maximum Gasteiger partial charge on any atom is 0.264 e. The highest BCUT2D eigenvalue weighted by molar-refractivity contribution is 7.90. The third-order valence-electron chi connectivity index (χ3n) is 11.5. The molecule has 3 aliphatic heterocycles. The van der Waals surface area contributed by atoms with Gasteiger partial charge in [0.05, 0.1) is 49.5 Å². The number of benzene rings is 2. The summed E-state index contributed by atoms with van der Waals surface area (Å²) < 4.78 is 47.7. The molecule has 1 saturated carbocycles. The molecular weight excluding hydrogens is 650 g/mol. The molecule has 2 aromatic rings. The Balaban J connectivity index is 1.23. The maximum atomic E-state index is 13.5. The Labute approximate surface area is 289 Å². The van der Waals surface area contributed by atoms with Gasteiger partial charge in [-0.05, 0) is 105 Å². The number of fused-ring (bicyclic) bond motifs is 4. The summed E-state index contributed by atoms with van der Waals surface area (Å²) in [6.07, 6.45) is 9.89. The van der Waals surface area contributed by atoms with E-state index >= 15 is 0 Å². The van der Waals surface area contributed by atoms with Crippen LogP contribution in [0.4, 0.5) is 5.69 Å². The minimum Gasteiger partial charge on any atom is -0.490 e. The lowest BCUT2D eigenvalue weighted by atomic mass is 9.68. The van der Waals surface area contributed by atoms with Gasteiger partial charge in [-0.1, -0.05) is 36.7 Å². The lowest BCUT2D eigenvalue weighted by Gasteiger charge is -2.46. The second kappa shape index (κ2) is 13.9. The van der Waals surface area contributed by atoms with Gasteiger partial charge in [-0.15, -0.1) is 0 Å². The molecule has 3 heterocycles. The molecule has 1 amide bonds. The smallest absolute Gasteiger partial charge is 0.264 e. The van der Waals surface area contributed by atoms with E-state index in [1.165, 1.54) is 11.1 Å². The van der Waals surface area contributed by atoms with Gasteiger partial charge in [-0.3, -0.25) is 4.79 Å². The van der Waals surface area contributed by atoms with Crippen LogP contribution in [0, 0.1) is 17.8 Å². The molecule has 6 atom stereocenters. The van der Waals surface area contributed by atoms with Gasteiger partial charge in [0.15, 0.2) is 0 Å². The van der Waals surface area contributed by atoms with Crippen molar-refractivity contribution in [3.8, 4) is 5.75 Å². The molecular formula is C37H48ClN3O6S. The average Bonchev–Trinajstić information content (AvgIpc) is 3.17. The summed E-state index contributed by atoms with van der Waals surface area (Å²) >= 11 is 6.45.